The molecule has 0 amide bonds. The molecule has 0 fully saturated rings. The zero-order valence-electron chi connectivity index (χ0n) is 8.85. The Bertz CT molecular complexity index is 308. The van der Waals surface area contributed by atoms with Crippen LogP contribution >= 0.6 is 0 Å². The molecule has 0 bridgehead atoms. The lowest BCUT2D eigenvalue weighted by Crippen LogP contribution is -1.84. The van der Waals surface area contributed by atoms with Crippen LogP contribution in [0.3, 0.4) is 0 Å². The molecule has 1 aliphatic rings. The summed E-state index contributed by atoms with van der Waals surface area (Å²) in [6.45, 7) is 10.2. The van der Waals surface area contributed by atoms with Crippen LogP contribution in [0, 0.1) is 6.92 Å². The first-order chi connectivity index (χ1) is 6.27. The summed E-state index contributed by atoms with van der Waals surface area (Å²) in [7, 11) is 0. The first-order valence-electron chi connectivity index (χ1n) is 5.01. The molecule has 0 N–H and O–H groups in total. The summed E-state index contributed by atoms with van der Waals surface area (Å²) in [6.07, 6.45) is 2.19. The summed E-state index contributed by atoms with van der Waals surface area (Å²) in [5.74, 6) is 0. The number of rotatable bonds is 0. The van der Waals surface area contributed by atoms with Crippen molar-refractivity contribution in [3.05, 3.63) is 47.0 Å². The maximum Gasteiger partial charge on any atom is -0.00610 e. The van der Waals surface area contributed by atoms with Gasteiger partial charge in [0.2, 0.25) is 0 Å². The lowest BCUT2D eigenvalue weighted by Gasteiger charge is -2.00. The zero-order chi connectivity index (χ0) is 9.84. The first-order valence-corrected chi connectivity index (χ1v) is 5.01. The zero-order valence-corrected chi connectivity index (χ0v) is 8.85. The van der Waals surface area contributed by atoms with Crippen LogP contribution in [0.4, 0.5) is 0 Å². The van der Waals surface area contributed by atoms with Gasteiger partial charge in [0.25, 0.3) is 0 Å². The molecule has 0 radical (unpaired) electrons. The van der Waals surface area contributed by atoms with E-state index in [2.05, 4.69) is 31.7 Å². The van der Waals surface area contributed by atoms with Crippen LogP contribution in [0.25, 0.3) is 0 Å². The Morgan fingerprint density at radius 2 is 1.85 bits per heavy atom. The van der Waals surface area contributed by atoms with E-state index in [1.165, 1.54) is 22.3 Å². The van der Waals surface area contributed by atoms with Crippen molar-refractivity contribution in [1.82, 2.24) is 0 Å². The number of hydrogen-bond acceptors (Lipinski definition) is 0. The fourth-order valence-electron chi connectivity index (χ4n) is 1.76. The summed E-state index contributed by atoms with van der Waals surface area (Å²) in [6, 6.07) is 6.52. The third kappa shape index (κ3) is 2.00. The van der Waals surface area contributed by atoms with E-state index in [-0.39, 0.29) is 0 Å². The molecule has 0 saturated heterocycles. The van der Waals surface area contributed by atoms with E-state index in [1.54, 1.807) is 0 Å². The Kier molecular flexibility index (Phi) is 3.30. The van der Waals surface area contributed by atoms with E-state index in [1.807, 2.05) is 13.8 Å². The Balaban J connectivity index is 0.000000396. The second-order valence-corrected chi connectivity index (χ2v) is 3.32. The molecular formula is C13H18. The average molecular weight is 174 g/mol. The predicted molar refractivity (Wildman–Crippen MR) is 59.1 cm³/mol. The Morgan fingerprint density at radius 1 is 1.15 bits per heavy atom. The highest BCUT2D eigenvalue weighted by Crippen LogP contribution is 2.27. The second-order valence-electron chi connectivity index (χ2n) is 3.32. The standard InChI is InChI=1S/C11H12.C2H6/c1-8-6-10-5-3-4-9(2)11(10)7-8;1-2/h3-5H,1,6-7H2,2H3;1-2H3. The smallest absolute Gasteiger partial charge is 0.00610 e. The molecule has 2 rings (SSSR count). The van der Waals surface area contributed by atoms with E-state index >= 15 is 0 Å². The molecule has 0 nitrogen and oxygen atoms in total. The lowest BCUT2D eigenvalue weighted by molar-refractivity contribution is 1.18. The number of hydrogen-bond donors (Lipinski definition) is 0. The van der Waals surface area contributed by atoms with E-state index < -0.39 is 0 Å². The largest absolute Gasteiger partial charge is 0.0992 e. The Morgan fingerprint density at radius 3 is 2.46 bits per heavy atom. The molecule has 1 aromatic rings. The van der Waals surface area contributed by atoms with Gasteiger partial charge >= 0.3 is 0 Å². The van der Waals surface area contributed by atoms with Crippen molar-refractivity contribution in [1.29, 1.82) is 0 Å². The molecule has 1 aliphatic carbocycles. The summed E-state index contributed by atoms with van der Waals surface area (Å²) >= 11 is 0. The van der Waals surface area contributed by atoms with Crippen molar-refractivity contribution in [2.24, 2.45) is 0 Å². The minimum absolute atomic E-state index is 1.09. The summed E-state index contributed by atoms with van der Waals surface area (Å²) in [4.78, 5) is 0. The van der Waals surface area contributed by atoms with Gasteiger partial charge in [-0.05, 0) is 36.5 Å². The van der Waals surface area contributed by atoms with Gasteiger partial charge in [0.05, 0.1) is 0 Å². The minimum atomic E-state index is 1.09. The van der Waals surface area contributed by atoms with E-state index in [0.29, 0.717) is 0 Å². The maximum atomic E-state index is 4.01. The van der Waals surface area contributed by atoms with Crippen molar-refractivity contribution in [2.75, 3.05) is 0 Å². The molecule has 0 atom stereocenters. The first kappa shape index (κ1) is 10.0. The second kappa shape index (κ2) is 4.27. The van der Waals surface area contributed by atoms with Crippen LogP contribution in [0.1, 0.15) is 30.5 Å². The quantitative estimate of drug-likeness (QED) is 0.526. The number of aryl methyl sites for hydroxylation is 1. The van der Waals surface area contributed by atoms with E-state index in [9.17, 15) is 0 Å². The van der Waals surface area contributed by atoms with Gasteiger partial charge in [0.1, 0.15) is 0 Å². The minimum Gasteiger partial charge on any atom is -0.0992 e. The summed E-state index contributed by atoms with van der Waals surface area (Å²) < 4.78 is 0. The summed E-state index contributed by atoms with van der Waals surface area (Å²) in [5.41, 5.74) is 5.77. The fraction of sp³-hybridized carbons (Fsp3) is 0.385. The van der Waals surface area contributed by atoms with Crippen molar-refractivity contribution in [2.45, 2.75) is 33.6 Å². The van der Waals surface area contributed by atoms with Gasteiger partial charge < -0.3 is 0 Å². The van der Waals surface area contributed by atoms with Gasteiger partial charge in [-0.25, -0.2) is 0 Å². The Labute approximate surface area is 81.3 Å². The molecule has 0 aromatic heterocycles. The highest BCUT2D eigenvalue weighted by molar-refractivity contribution is 5.44. The molecule has 13 heavy (non-hydrogen) atoms. The summed E-state index contributed by atoms with van der Waals surface area (Å²) in [5, 5.41) is 0. The highest BCUT2D eigenvalue weighted by Gasteiger charge is 2.14. The third-order valence-electron chi connectivity index (χ3n) is 2.37. The molecule has 0 saturated carbocycles. The Hall–Kier alpha value is -1.04. The lowest BCUT2D eigenvalue weighted by atomic mass is 10.1. The van der Waals surface area contributed by atoms with Crippen LogP contribution in [0.2, 0.25) is 0 Å². The van der Waals surface area contributed by atoms with Crippen LogP contribution in [0.15, 0.2) is 30.4 Å². The molecule has 0 heterocycles. The molecule has 0 aliphatic heterocycles. The molecule has 0 heteroatoms. The molecular weight excluding hydrogens is 156 g/mol. The van der Waals surface area contributed by atoms with Gasteiger partial charge in [0.15, 0.2) is 0 Å². The van der Waals surface area contributed by atoms with Gasteiger partial charge in [-0.2, -0.15) is 0 Å². The molecule has 1 aromatic carbocycles. The van der Waals surface area contributed by atoms with Gasteiger partial charge in [-0.1, -0.05) is 44.2 Å². The van der Waals surface area contributed by atoms with Crippen molar-refractivity contribution < 1.29 is 0 Å². The van der Waals surface area contributed by atoms with Crippen molar-refractivity contribution in [3.63, 3.8) is 0 Å². The average Bonchev–Trinajstić information content (AvgIpc) is 2.51. The topological polar surface area (TPSA) is 0 Å². The van der Waals surface area contributed by atoms with Crippen molar-refractivity contribution in [3.8, 4) is 0 Å². The highest BCUT2D eigenvalue weighted by atomic mass is 14.2. The SMILES string of the molecule is C=C1Cc2cccc(C)c2C1.CC. The van der Waals surface area contributed by atoms with Gasteiger partial charge in [-0.15, -0.1) is 0 Å². The predicted octanol–water partition coefficient (Wildman–Crippen LogP) is 3.68. The van der Waals surface area contributed by atoms with E-state index in [0.717, 1.165) is 12.8 Å². The van der Waals surface area contributed by atoms with Crippen molar-refractivity contribution >= 4 is 0 Å². The third-order valence-corrected chi connectivity index (χ3v) is 2.37. The number of fused-ring (bicyclic) bond motifs is 1. The molecule has 0 spiro atoms. The fourth-order valence-corrected chi connectivity index (χ4v) is 1.76. The normalized spacial score (nSPS) is 13.3. The monoisotopic (exact) mass is 174 g/mol. The van der Waals surface area contributed by atoms with Crippen LogP contribution < -0.4 is 0 Å². The molecule has 70 valence electrons. The number of benzene rings is 1. The number of allylic oxidation sites excluding steroid dienone is 1. The molecule has 0 unspecified atom stereocenters. The van der Waals surface area contributed by atoms with Crippen LogP contribution in [0.5, 0.6) is 0 Å². The van der Waals surface area contributed by atoms with Crippen LogP contribution in [-0.4, -0.2) is 0 Å². The van der Waals surface area contributed by atoms with Gasteiger partial charge in [-0.3, -0.25) is 0 Å². The van der Waals surface area contributed by atoms with E-state index in [4.69, 9.17) is 0 Å². The maximum absolute atomic E-state index is 4.01. The van der Waals surface area contributed by atoms with Crippen LogP contribution in [-0.2, 0) is 12.8 Å². The van der Waals surface area contributed by atoms with Gasteiger partial charge in [0, 0.05) is 0 Å².